The molecule has 0 aromatic carbocycles. The van der Waals surface area contributed by atoms with E-state index in [0.29, 0.717) is 42.8 Å². The summed E-state index contributed by atoms with van der Waals surface area (Å²) in [6.45, 7) is 10.1. The Bertz CT molecular complexity index is 414. The lowest BCUT2D eigenvalue weighted by Gasteiger charge is -2.23. The summed E-state index contributed by atoms with van der Waals surface area (Å²) >= 11 is 10.4. The van der Waals surface area contributed by atoms with Crippen molar-refractivity contribution in [3.05, 3.63) is 0 Å². The Labute approximate surface area is 162 Å². The van der Waals surface area contributed by atoms with Gasteiger partial charge in [-0.15, -0.1) is 0 Å². The highest BCUT2D eigenvalue weighted by Crippen LogP contribution is 2.23. The molecule has 0 radical (unpaired) electrons. The van der Waals surface area contributed by atoms with Crippen molar-refractivity contribution in [3.63, 3.8) is 0 Å². The molecular weight excluding hydrogens is 356 g/mol. The molecule has 0 atom stereocenters. The van der Waals surface area contributed by atoms with Crippen LogP contribution in [0.1, 0.15) is 53.4 Å². The van der Waals surface area contributed by atoms with Crippen molar-refractivity contribution in [2.75, 3.05) is 19.8 Å². The number of nitrogens with one attached hydrogen (secondary N) is 4. The molecule has 0 saturated carbocycles. The smallest absolute Gasteiger partial charge is 0.167 e. The minimum atomic E-state index is -0.0221. The molecule has 0 aliphatic carbocycles. The average Bonchev–Trinajstić information content (AvgIpc) is 2.46. The van der Waals surface area contributed by atoms with Gasteiger partial charge in [0.15, 0.2) is 10.2 Å². The topological polar surface area (TPSA) is 82.3 Å². The van der Waals surface area contributed by atoms with Crippen LogP contribution in [0.3, 0.4) is 0 Å². The summed E-state index contributed by atoms with van der Waals surface area (Å²) in [6, 6.07) is 0. The van der Waals surface area contributed by atoms with Crippen molar-refractivity contribution in [2.24, 2.45) is 10.8 Å². The van der Waals surface area contributed by atoms with Crippen LogP contribution in [-0.4, -0.2) is 42.6 Å². The molecule has 0 unspecified atom stereocenters. The number of hydrogen-bond donors (Lipinski definition) is 4. The molecule has 144 valence electrons. The van der Waals surface area contributed by atoms with Gasteiger partial charge in [0, 0.05) is 25.9 Å². The van der Waals surface area contributed by atoms with Crippen molar-refractivity contribution in [3.8, 4) is 0 Å². The zero-order valence-corrected chi connectivity index (χ0v) is 17.4. The molecule has 0 bridgehead atoms. The van der Waals surface area contributed by atoms with Gasteiger partial charge in [0.1, 0.15) is 12.6 Å². The van der Waals surface area contributed by atoms with Crippen LogP contribution in [0.25, 0.3) is 0 Å². The Morgan fingerprint density at radius 3 is 1.44 bits per heavy atom. The van der Waals surface area contributed by atoms with Gasteiger partial charge in [-0.2, -0.15) is 0 Å². The van der Waals surface area contributed by atoms with E-state index in [9.17, 15) is 9.59 Å². The van der Waals surface area contributed by atoms with E-state index < -0.39 is 0 Å². The van der Waals surface area contributed by atoms with E-state index >= 15 is 0 Å². The lowest BCUT2D eigenvalue weighted by atomic mass is 9.86. The standard InChI is InChI=1S/C17H32N4O2S2/c1-16(2,7-11-22)5-9-18-14(24)20-13-21-15(25)19-10-6-17(3,4)8-12-23/h11-12H,5-10,13H2,1-4H3,(H2,18,20,24)(H2,19,21,25). The maximum Gasteiger partial charge on any atom is 0.167 e. The first-order chi connectivity index (χ1) is 11.6. The molecule has 0 aliphatic rings. The predicted octanol–water partition coefficient (Wildman–Crippen LogP) is 1.88. The van der Waals surface area contributed by atoms with Crippen LogP contribution in [-0.2, 0) is 9.59 Å². The summed E-state index contributed by atoms with van der Waals surface area (Å²) < 4.78 is 0. The van der Waals surface area contributed by atoms with Gasteiger partial charge in [0.2, 0.25) is 0 Å². The van der Waals surface area contributed by atoms with Crippen LogP contribution in [0.2, 0.25) is 0 Å². The first-order valence-corrected chi connectivity index (χ1v) is 9.34. The molecule has 0 heterocycles. The molecule has 25 heavy (non-hydrogen) atoms. The third-order valence-corrected chi connectivity index (χ3v) is 4.52. The van der Waals surface area contributed by atoms with E-state index in [1.54, 1.807) is 0 Å². The lowest BCUT2D eigenvalue weighted by Crippen LogP contribution is -2.46. The predicted molar refractivity (Wildman–Crippen MR) is 110 cm³/mol. The number of thiocarbonyl (C=S) groups is 2. The summed E-state index contributed by atoms with van der Waals surface area (Å²) in [7, 11) is 0. The highest BCUT2D eigenvalue weighted by atomic mass is 32.1. The summed E-state index contributed by atoms with van der Waals surface area (Å²) in [6.07, 6.45) is 4.71. The molecule has 0 spiro atoms. The highest BCUT2D eigenvalue weighted by molar-refractivity contribution is 7.80. The lowest BCUT2D eigenvalue weighted by molar-refractivity contribution is -0.110. The Morgan fingerprint density at radius 2 is 1.12 bits per heavy atom. The summed E-state index contributed by atoms with van der Waals surface area (Å²) in [5.41, 5.74) is -0.0442. The van der Waals surface area contributed by atoms with Crippen LogP contribution in [0.5, 0.6) is 0 Å². The highest BCUT2D eigenvalue weighted by Gasteiger charge is 2.17. The second-order valence-electron chi connectivity index (χ2n) is 7.61. The van der Waals surface area contributed by atoms with E-state index in [1.807, 2.05) is 0 Å². The fourth-order valence-corrected chi connectivity index (χ4v) is 2.36. The Kier molecular flexibility index (Phi) is 11.5. The average molecular weight is 389 g/mol. The molecule has 0 aromatic heterocycles. The van der Waals surface area contributed by atoms with Gasteiger partial charge in [0.05, 0.1) is 6.67 Å². The van der Waals surface area contributed by atoms with Crippen molar-refractivity contribution >= 4 is 47.2 Å². The Balaban J connectivity index is 3.78. The zero-order valence-electron chi connectivity index (χ0n) is 15.7. The van der Waals surface area contributed by atoms with Crippen molar-refractivity contribution in [2.45, 2.75) is 53.4 Å². The van der Waals surface area contributed by atoms with Gasteiger partial charge in [-0.05, 0) is 48.1 Å². The van der Waals surface area contributed by atoms with E-state index in [4.69, 9.17) is 24.4 Å². The van der Waals surface area contributed by atoms with Crippen molar-refractivity contribution < 1.29 is 9.59 Å². The fraction of sp³-hybridized carbons (Fsp3) is 0.765. The van der Waals surface area contributed by atoms with E-state index in [0.717, 1.165) is 25.4 Å². The Morgan fingerprint density at radius 1 is 0.760 bits per heavy atom. The monoisotopic (exact) mass is 388 g/mol. The largest absolute Gasteiger partial charge is 0.363 e. The van der Waals surface area contributed by atoms with Gasteiger partial charge in [-0.1, -0.05) is 27.7 Å². The maximum atomic E-state index is 10.6. The van der Waals surface area contributed by atoms with Gasteiger partial charge in [-0.3, -0.25) is 0 Å². The van der Waals surface area contributed by atoms with Crippen LogP contribution < -0.4 is 21.3 Å². The zero-order chi connectivity index (χ0) is 19.3. The Hall–Kier alpha value is -1.28. The summed E-state index contributed by atoms with van der Waals surface area (Å²) in [4.78, 5) is 21.2. The van der Waals surface area contributed by atoms with Gasteiger partial charge in [0.25, 0.3) is 0 Å². The SMILES string of the molecule is CC(C)(CC=O)CCNC(=S)NCNC(=S)NCCC(C)(C)CC=O. The van der Waals surface area contributed by atoms with E-state index in [1.165, 1.54) is 0 Å². The second kappa shape index (κ2) is 12.1. The number of aldehydes is 2. The third-order valence-electron chi connectivity index (χ3n) is 3.94. The van der Waals surface area contributed by atoms with Crippen LogP contribution in [0.4, 0.5) is 0 Å². The molecule has 0 saturated heterocycles. The first kappa shape index (κ1) is 23.7. The molecule has 4 N–H and O–H groups in total. The summed E-state index contributed by atoms with van der Waals surface area (Å²) in [5, 5.41) is 13.4. The molecule has 0 fully saturated rings. The minimum absolute atomic E-state index is 0.0221. The summed E-state index contributed by atoms with van der Waals surface area (Å²) in [5.74, 6) is 0. The number of rotatable bonds is 12. The molecule has 0 amide bonds. The molecule has 8 heteroatoms. The van der Waals surface area contributed by atoms with Gasteiger partial charge >= 0.3 is 0 Å². The normalized spacial score (nSPS) is 11.4. The molecule has 0 aliphatic heterocycles. The van der Waals surface area contributed by atoms with Crippen LogP contribution >= 0.6 is 24.4 Å². The number of hydrogen-bond acceptors (Lipinski definition) is 4. The molecule has 0 aromatic rings. The number of carbonyl (C=O) groups excluding carboxylic acids is 2. The molecule has 6 nitrogen and oxygen atoms in total. The minimum Gasteiger partial charge on any atom is -0.363 e. The third kappa shape index (κ3) is 13.7. The van der Waals surface area contributed by atoms with Gasteiger partial charge in [-0.25, -0.2) is 0 Å². The van der Waals surface area contributed by atoms with E-state index in [2.05, 4.69) is 49.0 Å². The van der Waals surface area contributed by atoms with Crippen LogP contribution in [0.15, 0.2) is 0 Å². The van der Waals surface area contributed by atoms with Crippen molar-refractivity contribution in [1.29, 1.82) is 0 Å². The first-order valence-electron chi connectivity index (χ1n) is 8.52. The van der Waals surface area contributed by atoms with E-state index in [-0.39, 0.29) is 10.8 Å². The van der Waals surface area contributed by atoms with Crippen LogP contribution in [0, 0.1) is 10.8 Å². The fourth-order valence-electron chi connectivity index (χ4n) is 2.01. The number of carbonyl (C=O) groups is 2. The maximum absolute atomic E-state index is 10.6. The van der Waals surface area contributed by atoms with Gasteiger partial charge < -0.3 is 30.9 Å². The van der Waals surface area contributed by atoms with Crippen molar-refractivity contribution in [1.82, 2.24) is 21.3 Å². The molecular formula is C17H32N4O2S2. The second-order valence-corrected chi connectivity index (χ2v) is 8.43. The molecule has 0 rings (SSSR count). The quantitative estimate of drug-likeness (QED) is 0.229.